The summed E-state index contributed by atoms with van der Waals surface area (Å²) >= 11 is 5.49. The zero-order chi connectivity index (χ0) is 10.4. The highest BCUT2D eigenvalue weighted by molar-refractivity contribution is 9.10. The number of halogens is 1. The molecule has 78 valence electrons. The smallest absolute Gasteiger partial charge is 0.0707 e. The maximum Gasteiger partial charge on any atom is 0.0707 e. The number of aryl methyl sites for hydroxylation is 1. The van der Waals surface area contributed by atoms with Gasteiger partial charge in [0.1, 0.15) is 0 Å². The molecule has 15 heavy (non-hydrogen) atoms. The third-order valence-electron chi connectivity index (χ3n) is 2.82. The van der Waals surface area contributed by atoms with Crippen LogP contribution in [0.3, 0.4) is 0 Å². The summed E-state index contributed by atoms with van der Waals surface area (Å²) in [6, 6.07) is 7.00. The van der Waals surface area contributed by atoms with Gasteiger partial charge in [0.2, 0.25) is 0 Å². The first kappa shape index (κ1) is 9.73. The largest absolute Gasteiger partial charge is 0.260 e. The van der Waals surface area contributed by atoms with Crippen LogP contribution in [0.5, 0.6) is 0 Å². The minimum Gasteiger partial charge on any atom is -0.260 e. The molecule has 2 heterocycles. The molecule has 1 aromatic heterocycles. The lowest BCUT2D eigenvalue weighted by molar-refractivity contribution is 0.541. The van der Waals surface area contributed by atoms with Crippen LogP contribution in [0.4, 0.5) is 0 Å². The summed E-state index contributed by atoms with van der Waals surface area (Å²) in [6.45, 7) is 2.08. The van der Waals surface area contributed by atoms with E-state index < -0.39 is 0 Å². The van der Waals surface area contributed by atoms with Gasteiger partial charge < -0.3 is 0 Å². The molecule has 0 bridgehead atoms. The van der Waals surface area contributed by atoms with E-state index in [1.165, 1.54) is 22.4 Å². The number of rotatable bonds is 1. The second-order valence-electron chi connectivity index (χ2n) is 3.88. The van der Waals surface area contributed by atoms with Crippen molar-refractivity contribution in [3.05, 3.63) is 28.4 Å². The highest BCUT2D eigenvalue weighted by Gasteiger charge is 2.23. The van der Waals surface area contributed by atoms with Crippen LogP contribution in [0, 0.1) is 6.92 Å². The Morgan fingerprint density at radius 3 is 2.93 bits per heavy atom. The highest BCUT2D eigenvalue weighted by Crippen LogP contribution is 2.33. The predicted octanol–water partition coefficient (Wildman–Crippen LogP) is 3.40. The Bertz CT molecular complexity index is 517. The third-order valence-corrected chi connectivity index (χ3v) is 4.55. The van der Waals surface area contributed by atoms with E-state index in [1.54, 1.807) is 0 Å². The number of benzene rings is 1. The van der Waals surface area contributed by atoms with Gasteiger partial charge in [0.25, 0.3) is 0 Å². The van der Waals surface area contributed by atoms with Gasteiger partial charge in [0.15, 0.2) is 0 Å². The highest BCUT2D eigenvalue weighted by atomic mass is 79.9. The molecule has 3 rings (SSSR count). The Labute approximate surface area is 101 Å². The summed E-state index contributed by atoms with van der Waals surface area (Å²) in [5.41, 5.74) is 2.39. The van der Waals surface area contributed by atoms with Gasteiger partial charge in [-0.25, -0.2) is 0 Å². The summed E-state index contributed by atoms with van der Waals surface area (Å²) in [5, 5.41) is 5.90. The van der Waals surface area contributed by atoms with E-state index in [1.807, 2.05) is 11.8 Å². The SMILES string of the molecule is Cc1nn(C2CSC2)c2ccc(Br)cc12. The molecule has 0 saturated carbocycles. The van der Waals surface area contributed by atoms with Crippen LogP contribution in [-0.4, -0.2) is 21.3 Å². The van der Waals surface area contributed by atoms with Crippen molar-refractivity contribution in [2.75, 3.05) is 11.5 Å². The van der Waals surface area contributed by atoms with Crippen molar-refractivity contribution in [2.45, 2.75) is 13.0 Å². The van der Waals surface area contributed by atoms with E-state index in [-0.39, 0.29) is 0 Å². The standard InChI is InChI=1S/C11H11BrN2S/c1-7-10-4-8(12)2-3-11(10)14(13-7)9-5-15-6-9/h2-4,9H,5-6H2,1H3. The van der Waals surface area contributed by atoms with Gasteiger partial charge in [-0.2, -0.15) is 16.9 Å². The lowest BCUT2D eigenvalue weighted by Gasteiger charge is -2.25. The molecule has 1 fully saturated rings. The summed E-state index contributed by atoms with van der Waals surface area (Å²) in [5.74, 6) is 2.40. The first-order valence-corrected chi connectivity index (χ1v) is 6.92. The van der Waals surface area contributed by atoms with Gasteiger partial charge in [0, 0.05) is 21.4 Å². The van der Waals surface area contributed by atoms with Gasteiger partial charge >= 0.3 is 0 Å². The van der Waals surface area contributed by atoms with Crippen molar-refractivity contribution in [1.82, 2.24) is 9.78 Å². The van der Waals surface area contributed by atoms with Crippen molar-refractivity contribution in [3.8, 4) is 0 Å². The van der Waals surface area contributed by atoms with E-state index in [0.29, 0.717) is 6.04 Å². The van der Waals surface area contributed by atoms with E-state index in [9.17, 15) is 0 Å². The molecule has 1 aromatic carbocycles. The molecular formula is C11H11BrN2S. The first-order chi connectivity index (χ1) is 7.25. The van der Waals surface area contributed by atoms with Crippen LogP contribution in [0.15, 0.2) is 22.7 Å². The average molecular weight is 283 g/mol. The Morgan fingerprint density at radius 2 is 2.27 bits per heavy atom. The molecule has 0 aliphatic carbocycles. The molecule has 0 N–H and O–H groups in total. The summed E-state index contributed by atoms with van der Waals surface area (Å²) in [6.07, 6.45) is 0. The Balaban J connectivity index is 2.22. The van der Waals surface area contributed by atoms with E-state index in [0.717, 1.165) is 10.2 Å². The van der Waals surface area contributed by atoms with Crippen LogP contribution in [0.25, 0.3) is 10.9 Å². The molecule has 1 aliphatic rings. The molecule has 0 unspecified atom stereocenters. The second kappa shape index (κ2) is 3.52. The zero-order valence-electron chi connectivity index (χ0n) is 8.40. The normalized spacial score (nSPS) is 16.9. The maximum atomic E-state index is 4.64. The molecule has 0 spiro atoms. The molecule has 1 saturated heterocycles. The zero-order valence-corrected chi connectivity index (χ0v) is 10.8. The van der Waals surface area contributed by atoms with E-state index in [4.69, 9.17) is 0 Å². The quantitative estimate of drug-likeness (QED) is 0.798. The van der Waals surface area contributed by atoms with Crippen LogP contribution in [0.2, 0.25) is 0 Å². The van der Waals surface area contributed by atoms with Gasteiger partial charge in [-0.05, 0) is 25.1 Å². The van der Waals surface area contributed by atoms with Crippen molar-refractivity contribution >= 4 is 38.6 Å². The van der Waals surface area contributed by atoms with Crippen LogP contribution < -0.4 is 0 Å². The summed E-state index contributed by atoms with van der Waals surface area (Å²) in [4.78, 5) is 0. The van der Waals surface area contributed by atoms with Crippen molar-refractivity contribution < 1.29 is 0 Å². The summed E-state index contributed by atoms with van der Waals surface area (Å²) < 4.78 is 3.31. The summed E-state index contributed by atoms with van der Waals surface area (Å²) in [7, 11) is 0. The Morgan fingerprint density at radius 1 is 1.47 bits per heavy atom. The van der Waals surface area contributed by atoms with Crippen molar-refractivity contribution in [3.63, 3.8) is 0 Å². The topological polar surface area (TPSA) is 17.8 Å². The average Bonchev–Trinajstić information content (AvgIpc) is 2.41. The fraction of sp³-hybridized carbons (Fsp3) is 0.364. The molecule has 0 amide bonds. The number of hydrogen-bond donors (Lipinski definition) is 0. The predicted molar refractivity (Wildman–Crippen MR) is 68.5 cm³/mol. The number of aromatic nitrogens is 2. The molecule has 2 nitrogen and oxygen atoms in total. The van der Waals surface area contributed by atoms with Gasteiger partial charge in [-0.3, -0.25) is 4.68 Å². The lowest BCUT2D eigenvalue weighted by atomic mass is 10.2. The molecular weight excluding hydrogens is 272 g/mol. The fourth-order valence-corrected chi connectivity index (χ4v) is 3.00. The number of nitrogens with zero attached hydrogens (tertiary/aromatic N) is 2. The van der Waals surface area contributed by atoms with Crippen molar-refractivity contribution in [1.29, 1.82) is 0 Å². The van der Waals surface area contributed by atoms with Crippen LogP contribution in [0.1, 0.15) is 11.7 Å². The number of fused-ring (bicyclic) bond motifs is 1. The molecule has 0 atom stereocenters. The lowest BCUT2D eigenvalue weighted by Crippen LogP contribution is -2.23. The van der Waals surface area contributed by atoms with Gasteiger partial charge in [-0.15, -0.1) is 0 Å². The van der Waals surface area contributed by atoms with Gasteiger partial charge in [0.05, 0.1) is 17.3 Å². The molecule has 2 aromatic rings. The fourth-order valence-electron chi connectivity index (χ4n) is 1.91. The Kier molecular flexibility index (Phi) is 2.29. The molecule has 1 aliphatic heterocycles. The van der Waals surface area contributed by atoms with E-state index in [2.05, 4.69) is 50.8 Å². The Hall–Kier alpha value is -0.480. The molecule has 4 heteroatoms. The molecule has 0 radical (unpaired) electrons. The van der Waals surface area contributed by atoms with Gasteiger partial charge in [-0.1, -0.05) is 15.9 Å². The maximum absolute atomic E-state index is 4.64. The first-order valence-electron chi connectivity index (χ1n) is 4.98. The van der Waals surface area contributed by atoms with Crippen molar-refractivity contribution in [2.24, 2.45) is 0 Å². The number of hydrogen-bond acceptors (Lipinski definition) is 2. The monoisotopic (exact) mass is 282 g/mol. The third kappa shape index (κ3) is 1.51. The van der Waals surface area contributed by atoms with Crippen LogP contribution >= 0.6 is 27.7 Å². The number of thioether (sulfide) groups is 1. The van der Waals surface area contributed by atoms with Crippen LogP contribution in [-0.2, 0) is 0 Å². The minimum atomic E-state index is 0.604. The second-order valence-corrected chi connectivity index (χ2v) is 5.87. The minimum absolute atomic E-state index is 0.604. The van der Waals surface area contributed by atoms with E-state index >= 15 is 0 Å².